The van der Waals surface area contributed by atoms with Gasteiger partial charge in [0.15, 0.2) is 5.96 Å². The molecule has 0 bridgehead atoms. The van der Waals surface area contributed by atoms with E-state index in [1.54, 1.807) is 7.11 Å². The van der Waals surface area contributed by atoms with Crippen molar-refractivity contribution in [3.8, 4) is 5.75 Å². The number of benzene rings is 2. The van der Waals surface area contributed by atoms with Crippen LogP contribution >= 0.6 is 35.6 Å². The average molecular weight is 490 g/mol. The molecule has 0 aliphatic heterocycles. The summed E-state index contributed by atoms with van der Waals surface area (Å²) >= 11 is 5.89. The number of hydrogen-bond donors (Lipinski definition) is 3. The Morgan fingerprint density at radius 3 is 2.58 bits per heavy atom. The average Bonchev–Trinajstić information content (AvgIpc) is 2.65. The third kappa shape index (κ3) is 7.39. The van der Waals surface area contributed by atoms with E-state index in [0.29, 0.717) is 24.1 Å². The van der Waals surface area contributed by atoms with Crippen LogP contribution in [0.4, 0.5) is 0 Å². The van der Waals surface area contributed by atoms with Crippen molar-refractivity contribution in [3.05, 3.63) is 64.7 Å². The van der Waals surface area contributed by atoms with Crippen LogP contribution in [0.2, 0.25) is 5.02 Å². The van der Waals surface area contributed by atoms with Gasteiger partial charge in [0.05, 0.1) is 19.8 Å². The normalized spacial score (nSPS) is 12.1. The van der Waals surface area contributed by atoms with E-state index >= 15 is 0 Å². The molecule has 0 saturated heterocycles. The summed E-state index contributed by atoms with van der Waals surface area (Å²) in [7, 11) is 1.61. The van der Waals surface area contributed by atoms with Gasteiger partial charge in [0.25, 0.3) is 0 Å². The molecule has 0 heterocycles. The molecule has 0 spiro atoms. The first-order valence-electron chi connectivity index (χ1n) is 8.21. The van der Waals surface area contributed by atoms with E-state index in [1.165, 1.54) is 0 Å². The second kappa shape index (κ2) is 12.0. The minimum atomic E-state index is -0.658. The van der Waals surface area contributed by atoms with Crippen LogP contribution < -0.4 is 15.4 Å². The van der Waals surface area contributed by atoms with Gasteiger partial charge >= 0.3 is 0 Å². The third-order valence-corrected chi connectivity index (χ3v) is 3.87. The molecule has 5 nitrogen and oxygen atoms in total. The predicted molar refractivity (Wildman–Crippen MR) is 118 cm³/mol. The van der Waals surface area contributed by atoms with E-state index < -0.39 is 6.10 Å². The number of aliphatic hydroxyl groups excluding tert-OH is 1. The first-order chi connectivity index (χ1) is 12.1. The Labute approximate surface area is 176 Å². The van der Waals surface area contributed by atoms with Gasteiger partial charge in [-0.05, 0) is 42.3 Å². The largest absolute Gasteiger partial charge is 0.497 e. The maximum absolute atomic E-state index is 10.4. The van der Waals surface area contributed by atoms with Crippen molar-refractivity contribution in [1.29, 1.82) is 0 Å². The molecule has 0 saturated carbocycles. The van der Waals surface area contributed by atoms with Crippen LogP contribution in [-0.2, 0) is 6.54 Å². The molecule has 2 rings (SSSR count). The Bertz CT molecular complexity index is 695. The van der Waals surface area contributed by atoms with E-state index in [0.717, 1.165) is 23.4 Å². The summed E-state index contributed by atoms with van der Waals surface area (Å²) in [6.45, 7) is 3.61. The molecule has 0 fully saturated rings. The Balaban J connectivity index is 0.00000338. The highest BCUT2D eigenvalue weighted by atomic mass is 127. The molecule has 0 aliphatic rings. The predicted octanol–water partition coefficient (Wildman–Crippen LogP) is 3.76. The summed E-state index contributed by atoms with van der Waals surface area (Å²) in [5.74, 6) is 1.37. The Hall–Kier alpha value is -1.51. The van der Waals surface area contributed by atoms with Gasteiger partial charge in [-0.3, -0.25) is 0 Å². The molecule has 0 amide bonds. The van der Waals surface area contributed by atoms with Gasteiger partial charge in [0.2, 0.25) is 0 Å². The highest BCUT2D eigenvalue weighted by molar-refractivity contribution is 14.0. The SMILES string of the molecule is CCNC(=NCc1ccc(Cl)cc1)NCC(O)c1cccc(OC)c1.I. The number of aliphatic imine (C=N–C) groups is 1. The number of rotatable bonds is 7. The van der Waals surface area contributed by atoms with Crippen LogP contribution in [0.25, 0.3) is 0 Å². The van der Waals surface area contributed by atoms with Gasteiger partial charge < -0.3 is 20.5 Å². The van der Waals surface area contributed by atoms with Gasteiger partial charge in [0.1, 0.15) is 5.75 Å². The summed E-state index contributed by atoms with van der Waals surface area (Å²) in [4.78, 5) is 4.53. The molecule has 7 heteroatoms. The number of hydrogen-bond acceptors (Lipinski definition) is 3. The zero-order valence-electron chi connectivity index (χ0n) is 14.9. The van der Waals surface area contributed by atoms with E-state index in [2.05, 4.69) is 15.6 Å². The molecule has 142 valence electrons. The van der Waals surface area contributed by atoms with Crippen LogP contribution in [0.5, 0.6) is 5.75 Å². The molecule has 2 aromatic carbocycles. The lowest BCUT2D eigenvalue weighted by atomic mass is 10.1. The van der Waals surface area contributed by atoms with E-state index in [9.17, 15) is 5.11 Å². The second-order valence-corrected chi connectivity index (χ2v) is 5.93. The third-order valence-electron chi connectivity index (χ3n) is 3.62. The van der Waals surface area contributed by atoms with Gasteiger partial charge in [-0.15, -0.1) is 24.0 Å². The first-order valence-corrected chi connectivity index (χ1v) is 8.58. The van der Waals surface area contributed by atoms with Crippen molar-refractivity contribution in [2.24, 2.45) is 4.99 Å². The van der Waals surface area contributed by atoms with Crippen LogP contribution in [-0.4, -0.2) is 31.3 Å². The molecule has 3 N–H and O–H groups in total. The maximum atomic E-state index is 10.4. The monoisotopic (exact) mass is 489 g/mol. The minimum Gasteiger partial charge on any atom is -0.497 e. The standard InChI is InChI=1S/C19H24ClN3O2.HI/c1-3-21-19(22-12-14-7-9-16(20)10-8-14)23-13-18(24)15-5-4-6-17(11-15)25-2;/h4-11,18,24H,3,12-13H2,1-2H3,(H2,21,22,23);1H. The van der Waals surface area contributed by atoms with Crippen molar-refractivity contribution in [2.75, 3.05) is 20.2 Å². The number of nitrogens with zero attached hydrogens (tertiary/aromatic N) is 1. The number of methoxy groups -OCH3 is 1. The summed E-state index contributed by atoms with van der Waals surface area (Å²) < 4.78 is 5.19. The number of ether oxygens (including phenoxy) is 1. The molecule has 0 aromatic heterocycles. The maximum Gasteiger partial charge on any atom is 0.191 e. The number of nitrogens with one attached hydrogen (secondary N) is 2. The van der Waals surface area contributed by atoms with Crippen LogP contribution in [0.3, 0.4) is 0 Å². The Kier molecular flexibility index (Phi) is 10.4. The molecular weight excluding hydrogens is 465 g/mol. The smallest absolute Gasteiger partial charge is 0.191 e. The topological polar surface area (TPSA) is 65.9 Å². The number of halogens is 2. The van der Waals surface area contributed by atoms with Gasteiger partial charge in [-0.2, -0.15) is 0 Å². The molecule has 0 radical (unpaired) electrons. The lowest BCUT2D eigenvalue weighted by Gasteiger charge is -2.16. The van der Waals surface area contributed by atoms with Crippen LogP contribution in [0.15, 0.2) is 53.5 Å². The lowest BCUT2D eigenvalue weighted by molar-refractivity contribution is 0.180. The number of aliphatic hydroxyl groups is 1. The first kappa shape index (κ1) is 22.5. The summed E-state index contributed by atoms with van der Waals surface area (Å²) in [6, 6.07) is 15.0. The minimum absolute atomic E-state index is 0. The molecule has 1 atom stereocenters. The van der Waals surface area contributed by atoms with E-state index in [4.69, 9.17) is 16.3 Å². The lowest BCUT2D eigenvalue weighted by Crippen LogP contribution is -2.39. The zero-order chi connectivity index (χ0) is 18.1. The molecule has 0 aliphatic carbocycles. The highest BCUT2D eigenvalue weighted by Gasteiger charge is 2.09. The van der Waals surface area contributed by atoms with Crippen molar-refractivity contribution in [1.82, 2.24) is 10.6 Å². The quantitative estimate of drug-likeness (QED) is 0.315. The van der Waals surface area contributed by atoms with Crippen molar-refractivity contribution >= 4 is 41.5 Å². The van der Waals surface area contributed by atoms with Crippen LogP contribution in [0, 0.1) is 0 Å². The zero-order valence-corrected chi connectivity index (χ0v) is 18.0. The van der Waals surface area contributed by atoms with E-state index in [-0.39, 0.29) is 24.0 Å². The molecular formula is C19H25ClIN3O2. The molecule has 1 unspecified atom stereocenters. The fraction of sp³-hybridized carbons (Fsp3) is 0.316. The summed E-state index contributed by atoms with van der Waals surface area (Å²) in [5, 5.41) is 17.4. The second-order valence-electron chi connectivity index (χ2n) is 5.49. The summed E-state index contributed by atoms with van der Waals surface area (Å²) in [5.41, 5.74) is 1.86. The molecule has 26 heavy (non-hydrogen) atoms. The summed E-state index contributed by atoms with van der Waals surface area (Å²) in [6.07, 6.45) is -0.658. The Morgan fingerprint density at radius 1 is 1.19 bits per heavy atom. The van der Waals surface area contributed by atoms with Gasteiger partial charge in [-0.25, -0.2) is 4.99 Å². The highest BCUT2D eigenvalue weighted by Crippen LogP contribution is 2.18. The van der Waals surface area contributed by atoms with Crippen molar-refractivity contribution in [2.45, 2.75) is 19.6 Å². The van der Waals surface area contributed by atoms with Gasteiger partial charge in [-0.1, -0.05) is 35.9 Å². The Morgan fingerprint density at radius 2 is 1.92 bits per heavy atom. The van der Waals surface area contributed by atoms with Crippen molar-refractivity contribution < 1.29 is 9.84 Å². The fourth-order valence-corrected chi connectivity index (χ4v) is 2.39. The molecule has 2 aromatic rings. The number of guanidine groups is 1. The fourth-order valence-electron chi connectivity index (χ4n) is 2.26. The van der Waals surface area contributed by atoms with Crippen LogP contribution in [0.1, 0.15) is 24.2 Å². The van der Waals surface area contributed by atoms with E-state index in [1.807, 2.05) is 55.5 Å². The van der Waals surface area contributed by atoms with Crippen molar-refractivity contribution in [3.63, 3.8) is 0 Å². The van der Waals surface area contributed by atoms with Gasteiger partial charge in [0, 0.05) is 18.1 Å².